The van der Waals surface area contributed by atoms with Gasteiger partial charge in [0.15, 0.2) is 0 Å². The van der Waals surface area contributed by atoms with Crippen LogP contribution in [0.5, 0.6) is 0 Å². The molecule has 0 aliphatic rings. The predicted octanol–water partition coefficient (Wildman–Crippen LogP) is 1.88. The van der Waals surface area contributed by atoms with E-state index in [1.165, 1.54) is 12.3 Å². The fourth-order valence-corrected chi connectivity index (χ4v) is 1.46. The number of carbonyl (C=O) groups excluding carboxylic acids is 1. The van der Waals surface area contributed by atoms with Gasteiger partial charge < -0.3 is 4.90 Å². The van der Waals surface area contributed by atoms with Gasteiger partial charge in [-0.05, 0) is 6.07 Å². The Kier molecular flexibility index (Phi) is 4.71. The molecule has 0 saturated heterocycles. The van der Waals surface area contributed by atoms with E-state index in [-0.39, 0.29) is 28.8 Å². The standard InChI is InChI=1S/C10H6Cl2N4O/c11-8-6-15-9(12)5-7(8)10(17)16(3-1-13)4-2-14/h5-6H,3-4H2. The number of aromatic nitrogens is 1. The van der Waals surface area contributed by atoms with E-state index in [0.29, 0.717) is 0 Å². The summed E-state index contributed by atoms with van der Waals surface area (Å²) in [5, 5.41) is 17.4. The molecule has 0 aliphatic heterocycles. The maximum atomic E-state index is 12.0. The van der Waals surface area contributed by atoms with Crippen molar-refractivity contribution >= 4 is 29.1 Å². The third kappa shape index (κ3) is 3.32. The highest BCUT2D eigenvalue weighted by molar-refractivity contribution is 6.35. The highest BCUT2D eigenvalue weighted by Gasteiger charge is 2.18. The number of hydrogen-bond acceptors (Lipinski definition) is 4. The van der Waals surface area contributed by atoms with E-state index in [9.17, 15) is 4.79 Å². The lowest BCUT2D eigenvalue weighted by atomic mass is 10.2. The average molecular weight is 269 g/mol. The Morgan fingerprint density at radius 1 is 1.35 bits per heavy atom. The van der Waals surface area contributed by atoms with Gasteiger partial charge in [0.1, 0.15) is 18.2 Å². The largest absolute Gasteiger partial charge is 0.312 e. The van der Waals surface area contributed by atoms with Crippen LogP contribution in [0.15, 0.2) is 12.3 Å². The first-order valence-corrected chi connectivity index (χ1v) is 5.20. The van der Waals surface area contributed by atoms with E-state index < -0.39 is 5.91 Å². The molecule has 1 aromatic rings. The summed E-state index contributed by atoms with van der Waals surface area (Å²) < 4.78 is 0. The number of amides is 1. The van der Waals surface area contributed by atoms with E-state index in [1.807, 2.05) is 0 Å². The summed E-state index contributed by atoms with van der Waals surface area (Å²) in [6.45, 7) is -0.384. The second-order valence-electron chi connectivity index (χ2n) is 2.96. The van der Waals surface area contributed by atoms with Crippen molar-refractivity contribution in [3.8, 4) is 12.1 Å². The van der Waals surface area contributed by atoms with Crippen LogP contribution in [-0.2, 0) is 0 Å². The van der Waals surface area contributed by atoms with Gasteiger partial charge in [0.25, 0.3) is 5.91 Å². The molecule has 0 radical (unpaired) electrons. The first kappa shape index (κ1) is 13.2. The van der Waals surface area contributed by atoms with Gasteiger partial charge in [-0.3, -0.25) is 4.79 Å². The van der Waals surface area contributed by atoms with Gasteiger partial charge in [-0.2, -0.15) is 10.5 Å². The molecule has 0 bridgehead atoms. The number of nitriles is 2. The molecular formula is C10H6Cl2N4O. The summed E-state index contributed by atoms with van der Waals surface area (Å²) in [7, 11) is 0. The van der Waals surface area contributed by atoms with Crippen LogP contribution >= 0.6 is 23.2 Å². The van der Waals surface area contributed by atoms with Gasteiger partial charge in [-0.1, -0.05) is 23.2 Å². The minimum Gasteiger partial charge on any atom is -0.312 e. The lowest BCUT2D eigenvalue weighted by Gasteiger charge is -2.16. The number of halogens is 2. The maximum Gasteiger partial charge on any atom is 0.257 e. The van der Waals surface area contributed by atoms with Crippen LogP contribution in [-0.4, -0.2) is 28.9 Å². The molecule has 0 spiro atoms. The molecule has 17 heavy (non-hydrogen) atoms. The van der Waals surface area contributed by atoms with Crippen molar-refractivity contribution in [2.75, 3.05) is 13.1 Å². The molecule has 0 aromatic carbocycles. The summed E-state index contributed by atoms with van der Waals surface area (Å²) >= 11 is 11.5. The van der Waals surface area contributed by atoms with Gasteiger partial charge in [0.05, 0.1) is 22.7 Å². The summed E-state index contributed by atoms with van der Waals surface area (Å²) in [5.41, 5.74) is 0.122. The minimum atomic E-state index is -0.526. The number of hydrogen-bond donors (Lipinski definition) is 0. The van der Waals surface area contributed by atoms with Crippen LogP contribution in [0.3, 0.4) is 0 Å². The first-order valence-electron chi connectivity index (χ1n) is 4.44. The third-order valence-electron chi connectivity index (χ3n) is 1.86. The van der Waals surface area contributed by atoms with Gasteiger partial charge in [0, 0.05) is 6.20 Å². The number of pyridine rings is 1. The Morgan fingerprint density at radius 2 is 1.94 bits per heavy atom. The molecular weight excluding hydrogens is 263 g/mol. The maximum absolute atomic E-state index is 12.0. The van der Waals surface area contributed by atoms with E-state index in [0.717, 1.165) is 4.90 Å². The summed E-state index contributed by atoms with van der Waals surface area (Å²) in [6.07, 6.45) is 1.24. The third-order valence-corrected chi connectivity index (χ3v) is 2.37. The van der Waals surface area contributed by atoms with Crippen LogP contribution in [0.25, 0.3) is 0 Å². The number of nitrogens with zero attached hydrogens (tertiary/aromatic N) is 4. The fourth-order valence-electron chi connectivity index (χ4n) is 1.12. The van der Waals surface area contributed by atoms with Gasteiger partial charge in [-0.25, -0.2) is 4.98 Å². The zero-order chi connectivity index (χ0) is 12.8. The van der Waals surface area contributed by atoms with E-state index in [2.05, 4.69) is 4.98 Å². The Hall–Kier alpha value is -1.82. The molecule has 0 unspecified atom stereocenters. The molecule has 1 aromatic heterocycles. The molecule has 0 aliphatic carbocycles. The Bertz CT molecular complexity index is 502. The Morgan fingerprint density at radius 3 is 2.47 bits per heavy atom. The quantitative estimate of drug-likeness (QED) is 0.619. The number of rotatable bonds is 3. The van der Waals surface area contributed by atoms with Crippen molar-refractivity contribution in [3.05, 3.63) is 28.0 Å². The average Bonchev–Trinajstić information content (AvgIpc) is 2.31. The molecule has 0 N–H and O–H groups in total. The van der Waals surface area contributed by atoms with E-state index >= 15 is 0 Å². The molecule has 1 amide bonds. The predicted molar refractivity (Wildman–Crippen MR) is 61.4 cm³/mol. The Labute approximate surface area is 108 Å². The van der Waals surface area contributed by atoms with E-state index in [1.54, 1.807) is 12.1 Å². The van der Waals surface area contributed by atoms with Crippen LogP contribution in [0.4, 0.5) is 0 Å². The van der Waals surface area contributed by atoms with Crippen molar-refractivity contribution < 1.29 is 4.79 Å². The van der Waals surface area contributed by atoms with Gasteiger partial charge in [0.2, 0.25) is 0 Å². The molecule has 5 nitrogen and oxygen atoms in total. The fraction of sp³-hybridized carbons (Fsp3) is 0.200. The van der Waals surface area contributed by atoms with Gasteiger partial charge in [-0.15, -0.1) is 0 Å². The molecule has 1 heterocycles. The minimum absolute atomic E-state index is 0.117. The summed E-state index contributed by atoms with van der Waals surface area (Å²) in [6, 6.07) is 4.90. The van der Waals surface area contributed by atoms with Crippen molar-refractivity contribution in [2.24, 2.45) is 0 Å². The van der Waals surface area contributed by atoms with Crippen molar-refractivity contribution in [3.63, 3.8) is 0 Å². The smallest absolute Gasteiger partial charge is 0.257 e. The van der Waals surface area contributed by atoms with Gasteiger partial charge >= 0.3 is 0 Å². The summed E-state index contributed by atoms with van der Waals surface area (Å²) in [5.74, 6) is -0.526. The topological polar surface area (TPSA) is 80.8 Å². The van der Waals surface area contributed by atoms with Crippen molar-refractivity contribution in [1.82, 2.24) is 9.88 Å². The van der Waals surface area contributed by atoms with Crippen LogP contribution < -0.4 is 0 Å². The number of carbonyl (C=O) groups is 1. The molecule has 1 rings (SSSR count). The van der Waals surface area contributed by atoms with Crippen LogP contribution in [0.1, 0.15) is 10.4 Å². The zero-order valence-corrected chi connectivity index (χ0v) is 10.0. The highest BCUT2D eigenvalue weighted by atomic mass is 35.5. The van der Waals surface area contributed by atoms with E-state index in [4.69, 9.17) is 33.7 Å². The van der Waals surface area contributed by atoms with Crippen LogP contribution in [0, 0.1) is 22.7 Å². The lowest BCUT2D eigenvalue weighted by molar-refractivity contribution is 0.0795. The normalized spacial score (nSPS) is 9.18. The van der Waals surface area contributed by atoms with Crippen LogP contribution in [0.2, 0.25) is 10.2 Å². The van der Waals surface area contributed by atoms with Crippen molar-refractivity contribution in [1.29, 1.82) is 10.5 Å². The Balaban J connectivity index is 3.06. The monoisotopic (exact) mass is 268 g/mol. The molecule has 86 valence electrons. The molecule has 0 fully saturated rings. The first-order chi connectivity index (χ1) is 8.10. The highest BCUT2D eigenvalue weighted by Crippen LogP contribution is 2.19. The summed E-state index contributed by atoms with van der Waals surface area (Å²) in [4.78, 5) is 16.7. The second kappa shape index (κ2) is 6.05. The second-order valence-corrected chi connectivity index (χ2v) is 3.76. The lowest BCUT2D eigenvalue weighted by Crippen LogP contribution is -2.32. The van der Waals surface area contributed by atoms with Crippen molar-refractivity contribution in [2.45, 2.75) is 0 Å². The zero-order valence-electron chi connectivity index (χ0n) is 8.52. The molecule has 7 heteroatoms. The molecule has 0 saturated carbocycles. The SMILES string of the molecule is N#CCN(CC#N)C(=O)c1cc(Cl)ncc1Cl. The molecule has 0 atom stereocenters.